The van der Waals surface area contributed by atoms with Gasteiger partial charge in [-0.15, -0.1) is 0 Å². The van der Waals surface area contributed by atoms with Crippen LogP contribution in [0.25, 0.3) is 0 Å². The monoisotopic (exact) mass is 340 g/mol. The third kappa shape index (κ3) is 4.79. The molecule has 1 aliphatic carbocycles. The molecule has 1 heterocycles. The SMILES string of the molecule is CC(=O)c1c[nH]c(C(=O)Nc2cccc(COC3CCCCC3)c2)c1. The van der Waals surface area contributed by atoms with Crippen LogP contribution in [0.5, 0.6) is 0 Å². The van der Waals surface area contributed by atoms with Crippen molar-refractivity contribution in [1.82, 2.24) is 4.98 Å². The van der Waals surface area contributed by atoms with Crippen LogP contribution in [0.1, 0.15) is 65.4 Å². The van der Waals surface area contributed by atoms with Gasteiger partial charge in [0.2, 0.25) is 0 Å². The Labute approximate surface area is 147 Å². The second-order valence-electron chi connectivity index (χ2n) is 6.58. The van der Waals surface area contributed by atoms with Crippen LogP contribution < -0.4 is 5.32 Å². The maximum atomic E-state index is 12.3. The number of ketones is 1. The molecule has 0 saturated heterocycles. The van der Waals surface area contributed by atoms with Crippen LogP contribution in [0.2, 0.25) is 0 Å². The van der Waals surface area contributed by atoms with Crippen molar-refractivity contribution >= 4 is 17.4 Å². The fourth-order valence-electron chi connectivity index (χ4n) is 3.11. The number of hydrogen-bond acceptors (Lipinski definition) is 3. The van der Waals surface area contributed by atoms with Crippen molar-refractivity contribution in [1.29, 1.82) is 0 Å². The third-order valence-corrected chi connectivity index (χ3v) is 4.56. The summed E-state index contributed by atoms with van der Waals surface area (Å²) in [6, 6.07) is 9.24. The quantitative estimate of drug-likeness (QED) is 0.769. The van der Waals surface area contributed by atoms with E-state index in [1.807, 2.05) is 24.3 Å². The van der Waals surface area contributed by atoms with Gasteiger partial charge in [0.05, 0.1) is 12.7 Å². The molecule has 25 heavy (non-hydrogen) atoms. The van der Waals surface area contributed by atoms with Crippen LogP contribution in [-0.2, 0) is 11.3 Å². The van der Waals surface area contributed by atoms with E-state index in [0.29, 0.717) is 29.7 Å². The zero-order valence-corrected chi connectivity index (χ0v) is 14.5. The summed E-state index contributed by atoms with van der Waals surface area (Å²) in [6.45, 7) is 2.03. The number of nitrogens with one attached hydrogen (secondary N) is 2. The molecule has 1 aliphatic rings. The molecule has 0 aliphatic heterocycles. The number of carbonyl (C=O) groups is 2. The molecule has 1 fully saturated rings. The van der Waals surface area contributed by atoms with Gasteiger partial charge in [0.1, 0.15) is 5.69 Å². The Bertz CT molecular complexity index is 745. The molecule has 0 spiro atoms. The fourth-order valence-corrected chi connectivity index (χ4v) is 3.11. The molecule has 2 aromatic rings. The van der Waals surface area contributed by atoms with Gasteiger partial charge in [-0.05, 0) is 43.5 Å². The first-order valence-corrected chi connectivity index (χ1v) is 8.83. The number of benzene rings is 1. The van der Waals surface area contributed by atoms with Crippen molar-refractivity contribution < 1.29 is 14.3 Å². The number of rotatable bonds is 6. The van der Waals surface area contributed by atoms with Crippen LogP contribution in [0.3, 0.4) is 0 Å². The summed E-state index contributed by atoms with van der Waals surface area (Å²) in [5, 5.41) is 2.85. The number of Topliss-reactive ketones (excluding diaryl/α,β-unsaturated/α-hetero) is 1. The zero-order chi connectivity index (χ0) is 17.6. The molecular formula is C20H24N2O3. The largest absolute Gasteiger partial charge is 0.374 e. The third-order valence-electron chi connectivity index (χ3n) is 4.56. The van der Waals surface area contributed by atoms with E-state index in [-0.39, 0.29) is 11.7 Å². The van der Waals surface area contributed by atoms with Gasteiger partial charge in [-0.2, -0.15) is 0 Å². The van der Waals surface area contributed by atoms with E-state index in [1.54, 1.807) is 12.3 Å². The van der Waals surface area contributed by atoms with Crippen LogP contribution in [0.15, 0.2) is 36.5 Å². The molecule has 1 aromatic heterocycles. The van der Waals surface area contributed by atoms with Crippen molar-refractivity contribution in [3.8, 4) is 0 Å². The number of ether oxygens (including phenoxy) is 1. The van der Waals surface area contributed by atoms with Crippen molar-refractivity contribution in [2.75, 3.05) is 5.32 Å². The van der Waals surface area contributed by atoms with Crippen LogP contribution in [0.4, 0.5) is 5.69 Å². The van der Waals surface area contributed by atoms with E-state index < -0.39 is 0 Å². The lowest BCUT2D eigenvalue weighted by Crippen LogP contribution is -2.16. The highest BCUT2D eigenvalue weighted by Crippen LogP contribution is 2.22. The van der Waals surface area contributed by atoms with E-state index in [2.05, 4.69) is 10.3 Å². The van der Waals surface area contributed by atoms with E-state index in [0.717, 1.165) is 18.4 Å². The minimum atomic E-state index is -0.266. The molecule has 2 N–H and O–H groups in total. The maximum absolute atomic E-state index is 12.3. The summed E-state index contributed by atoms with van der Waals surface area (Å²) in [4.78, 5) is 26.4. The predicted molar refractivity (Wildman–Crippen MR) is 96.9 cm³/mol. The van der Waals surface area contributed by atoms with Gasteiger partial charge in [0.25, 0.3) is 5.91 Å². The fraction of sp³-hybridized carbons (Fsp3) is 0.400. The van der Waals surface area contributed by atoms with Crippen molar-refractivity contribution in [2.45, 2.75) is 51.7 Å². The standard InChI is InChI=1S/C20H24N2O3/c1-14(23)16-11-19(21-12-16)20(24)22-17-7-5-6-15(10-17)13-25-18-8-3-2-4-9-18/h5-7,10-12,18,21H,2-4,8-9,13H2,1H3,(H,22,24). The molecule has 1 aromatic carbocycles. The molecule has 0 unspecified atom stereocenters. The summed E-state index contributed by atoms with van der Waals surface area (Å²) in [5.74, 6) is -0.338. The first-order valence-electron chi connectivity index (χ1n) is 8.83. The van der Waals surface area contributed by atoms with Crippen LogP contribution in [0, 0.1) is 0 Å². The Morgan fingerprint density at radius 1 is 1.20 bits per heavy atom. The summed E-state index contributed by atoms with van der Waals surface area (Å²) in [7, 11) is 0. The van der Waals surface area contributed by atoms with Crippen molar-refractivity contribution in [3.63, 3.8) is 0 Å². The maximum Gasteiger partial charge on any atom is 0.272 e. The first-order chi connectivity index (χ1) is 12.1. The summed E-state index contributed by atoms with van der Waals surface area (Å²) >= 11 is 0. The van der Waals surface area contributed by atoms with Gasteiger partial charge in [-0.3, -0.25) is 9.59 Å². The number of aromatic nitrogens is 1. The zero-order valence-electron chi connectivity index (χ0n) is 14.5. The highest BCUT2D eigenvalue weighted by Gasteiger charge is 2.14. The molecule has 1 saturated carbocycles. The van der Waals surface area contributed by atoms with E-state index >= 15 is 0 Å². The minimum absolute atomic E-state index is 0.0721. The van der Waals surface area contributed by atoms with Gasteiger partial charge in [0.15, 0.2) is 5.78 Å². The Balaban J connectivity index is 1.58. The molecule has 5 heteroatoms. The predicted octanol–water partition coefficient (Wildman–Crippen LogP) is 4.32. The second kappa shape index (κ2) is 8.12. The highest BCUT2D eigenvalue weighted by atomic mass is 16.5. The van der Waals surface area contributed by atoms with Gasteiger partial charge >= 0.3 is 0 Å². The Kier molecular flexibility index (Phi) is 5.66. The lowest BCUT2D eigenvalue weighted by molar-refractivity contribution is 0.0169. The molecule has 132 valence electrons. The lowest BCUT2D eigenvalue weighted by atomic mass is 9.98. The summed E-state index contributed by atoms with van der Waals surface area (Å²) < 4.78 is 5.99. The number of hydrogen-bond donors (Lipinski definition) is 2. The summed E-state index contributed by atoms with van der Waals surface area (Å²) in [5.41, 5.74) is 2.63. The number of H-pyrrole nitrogens is 1. The molecule has 1 amide bonds. The average Bonchev–Trinajstić information content (AvgIpc) is 3.12. The number of anilines is 1. The van der Waals surface area contributed by atoms with Gasteiger partial charge in [-0.1, -0.05) is 31.4 Å². The van der Waals surface area contributed by atoms with Crippen LogP contribution >= 0.6 is 0 Å². The topological polar surface area (TPSA) is 71.2 Å². The molecule has 0 bridgehead atoms. The normalized spacial score (nSPS) is 15.1. The molecule has 3 rings (SSSR count). The van der Waals surface area contributed by atoms with Gasteiger partial charge in [0, 0.05) is 17.4 Å². The smallest absolute Gasteiger partial charge is 0.272 e. The van der Waals surface area contributed by atoms with Gasteiger partial charge in [-0.25, -0.2) is 0 Å². The van der Waals surface area contributed by atoms with E-state index in [4.69, 9.17) is 4.74 Å². The average molecular weight is 340 g/mol. The molecule has 5 nitrogen and oxygen atoms in total. The highest BCUT2D eigenvalue weighted by molar-refractivity contribution is 6.05. The Morgan fingerprint density at radius 3 is 2.72 bits per heavy atom. The Morgan fingerprint density at radius 2 is 2.00 bits per heavy atom. The summed E-state index contributed by atoms with van der Waals surface area (Å²) in [6.07, 6.45) is 8.00. The minimum Gasteiger partial charge on any atom is -0.374 e. The Hall–Kier alpha value is -2.40. The lowest BCUT2D eigenvalue weighted by Gasteiger charge is -2.22. The number of amides is 1. The van der Waals surface area contributed by atoms with Crippen molar-refractivity contribution in [2.24, 2.45) is 0 Å². The van der Waals surface area contributed by atoms with Crippen LogP contribution in [-0.4, -0.2) is 22.8 Å². The van der Waals surface area contributed by atoms with E-state index in [1.165, 1.54) is 26.2 Å². The van der Waals surface area contributed by atoms with Crippen molar-refractivity contribution in [3.05, 3.63) is 53.3 Å². The molecule has 0 atom stereocenters. The number of carbonyl (C=O) groups excluding carboxylic acids is 2. The first kappa shape index (κ1) is 17.4. The molecular weight excluding hydrogens is 316 g/mol. The van der Waals surface area contributed by atoms with E-state index in [9.17, 15) is 9.59 Å². The second-order valence-corrected chi connectivity index (χ2v) is 6.58. The number of aromatic amines is 1. The molecule has 0 radical (unpaired) electrons. The van der Waals surface area contributed by atoms with Gasteiger partial charge < -0.3 is 15.0 Å².